The van der Waals surface area contributed by atoms with Crippen LogP contribution in [0, 0.1) is 5.92 Å². The van der Waals surface area contributed by atoms with Crippen LogP contribution in [0.5, 0.6) is 5.75 Å². The molecule has 1 aliphatic rings. The Balaban J connectivity index is 1.53. The molecule has 0 aliphatic carbocycles. The zero-order valence-electron chi connectivity index (χ0n) is 15.2. The fraction of sp³-hybridized carbons (Fsp3) is 0.250. The van der Waals surface area contributed by atoms with Gasteiger partial charge in [-0.3, -0.25) is 14.4 Å². The smallest absolute Gasteiger partial charge is 0.311 e. The van der Waals surface area contributed by atoms with E-state index in [-0.39, 0.29) is 18.9 Å². The fourth-order valence-corrected chi connectivity index (χ4v) is 3.10. The summed E-state index contributed by atoms with van der Waals surface area (Å²) in [5.74, 6) is -1.25. The Morgan fingerprint density at radius 3 is 2.75 bits per heavy atom. The molecule has 1 N–H and O–H groups in total. The SMILES string of the molecule is COc1cccc(N2CC(C(=O)OCC(=O)Nc3cccc(Cl)c3)CC2=O)c1. The first kappa shape index (κ1) is 19.7. The van der Waals surface area contributed by atoms with Crippen LogP contribution in [-0.4, -0.2) is 38.0 Å². The Hall–Kier alpha value is -3.06. The Kier molecular flexibility index (Phi) is 6.16. The number of anilines is 2. The first-order valence-electron chi connectivity index (χ1n) is 8.62. The van der Waals surface area contributed by atoms with Crippen molar-refractivity contribution in [3.8, 4) is 5.75 Å². The Morgan fingerprint density at radius 2 is 2.00 bits per heavy atom. The zero-order valence-corrected chi connectivity index (χ0v) is 15.9. The predicted molar refractivity (Wildman–Crippen MR) is 104 cm³/mol. The van der Waals surface area contributed by atoms with E-state index < -0.39 is 24.4 Å². The van der Waals surface area contributed by atoms with E-state index in [2.05, 4.69) is 5.32 Å². The Bertz CT molecular complexity index is 902. The lowest BCUT2D eigenvalue weighted by Crippen LogP contribution is -2.28. The molecule has 2 aromatic carbocycles. The molecule has 1 atom stereocenters. The average Bonchev–Trinajstić information content (AvgIpc) is 3.08. The van der Waals surface area contributed by atoms with Gasteiger partial charge in [-0.2, -0.15) is 0 Å². The van der Waals surface area contributed by atoms with E-state index in [0.717, 1.165) is 0 Å². The molecule has 0 bridgehead atoms. The van der Waals surface area contributed by atoms with Crippen LogP contribution in [0.2, 0.25) is 5.02 Å². The van der Waals surface area contributed by atoms with Crippen LogP contribution < -0.4 is 15.0 Å². The summed E-state index contributed by atoms with van der Waals surface area (Å²) in [6, 6.07) is 13.7. The number of hydrogen-bond donors (Lipinski definition) is 1. The maximum absolute atomic E-state index is 12.3. The van der Waals surface area contributed by atoms with Gasteiger partial charge in [0.1, 0.15) is 5.75 Å². The first-order chi connectivity index (χ1) is 13.5. The number of halogens is 1. The molecule has 3 rings (SSSR count). The average molecular weight is 403 g/mol. The second kappa shape index (κ2) is 8.75. The normalized spacial score (nSPS) is 16.0. The third kappa shape index (κ3) is 4.80. The summed E-state index contributed by atoms with van der Waals surface area (Å²) in [6.45, 7) is -0.240. The van der Waals surface area contributed by atoms with Crippen molar-refractivity contribution in [2.45, 2.75) is 6.42 Å². The molecule has 2 amide bonds. The summed E-state index contributed by atoms with van der Waals surface area (Å²) in [5.41, 5.74) is 1.16. The zero-order chi connectivity index (χ0) is 20.1. The van der Waals surface area contributed by atoms with Crippen molar-refractivity contribution < 1.29 is 23.9 Å². The van der Waals surface area contributed by atoms with E-state index in [0.29, 0.717) is 22.1 Å². The number of esters is 1. The van der Waals surface area contributed by atoms with Gasteiger partial charge in [-0.25, -0.2) is 0 Å². The number of ether oxygens (including phenoxy) is 2. The number of amides is 2. The molecular formula is C20H19ClN2O5. The van der Waals surface area contributed by atoms with E-state index in [4.69, 9.17) is 21.1 Å². The molecule has 7 nitrogen and oxygen atoms in total. The summed E-state index contributed by atoms with van der Waals surface area (Å²) < 4.78 is 10.2. The molecule has 28 heavy (non-hydrogen) atoms. The topological polar surface area (TPSA) is 84.9 Å². The highest BCUT2D eigenvalue weighted by Crippen LogP contribution is 2.28. The third-order valence-corrected chi connectivity index (χ3v) is 4.51. The molecule has 1 heterocycles. The Morgan fingerprint density at radius 1 is 1.21 bits per heavy atom. The maximum atomic E-state index is 12.3. The number of rotatable bonds is 6. The number of benzene rings is 2. The molecule has 0 radical (unpaired) electrons. The lowest BCUT2D eigenvalue weighted by atomic mass is 10.1. The number of nitrogens with zero attached hydrogens (tertiary/aromatic N) is 1. The summed E-state index contributed by atoms with van der Waals surface area (Å²) in [7, 11) is 1.54. The Labute approximate surface area is 167 Å². The molecule has 1 unspecified atom stereocenters. The first-order valence-corrected chi connectivity index (χ1v) is 9.00. The standard InChI is InChI=1S/C20H19ClN2O5/c1-27-17-7-3-6-16(10-17)23-11-13(8-19(23)25)20(26)28-12-18(24)22-15-5-2-4-14(21)9-15/h2-7,9-10,13H,8,11-12H2,1H3,(H,22,24). The van der Waals surface area contributed by atoms with Gasteiger partial charge >= 0.3 is 5.97 Å². The summed E-state index contributed by atoms with van der Waals surface area (Å²) >= 11 is 5.86. The van der Waals surface area contributed by atoms with Gasteiger partial charge in [-0.05, 0) is 30.3 Å². The highest BCUT2D eigenvalue weighted by atomic mass is 35.5. The molecule has 2 aromatic rings. The minimum Gasteiger partial charge on any atom is -0.497 e. The van der Waals surface area contributed by atoms with Crippen molar-refractivity contribution in [2.75, 3.05) is 30.5 Å². The predicted octanol–water partition coefficient (Wildman–Crippen LogP) is 2.88. The maximum Gasteiger partial charge on any atom is 0.311 e. The van der Waals surface area contributed by atoms with Crippen LogP contribution >= 0.6 is 11.6 Å². The summed E-state index contributed by atoms with van der Waals surface area (Å²) in [6.07, 6.45) is 0.0337. The van der Waals surface area contributed by atoms with Gasteiger partial charge in [0.05, 0.1) is 13.0 Å². The lowest BCUT2D eigenvalue weighted by Gasteiger charge is -2.17. The minimum absolute atomic E-state index is 0.0337. The van der Waals surface area contributed by atoms with Gasteiger partial charge in [0, 0.05) is 35.4 Å². The van der Waals surface area contributed by atoms with Crippen LogP contribution in [0.4, 0.5) is 11.4 Å². The van der Waals surface area contributed by atoms with E-state index in [1.165, 1.54) is 4.90 Å². The molecule has 1 fully saturated rings. The van der Waals surface area contributed by atoms with Crippen molar-refractivity contribution in [1.29, 1.82) is 0 Å². The van der Waals surface area contributed by atoms with Crippen molar-refractivity contribution in [3.05, 3.63) is 53.6 Å². The lowest BCUT2D eigenvalue weighted by molar-refractivity contribution is -0.151. The van der Waals surface area contributed by atoms with Crippen molar-refractivity contribution in [3.63, 3.8) is 0 Å². The van der Waals surface area contributed by atoms with E-state index >= 15 is 0 Å². The quantitative estimate of drug-likeness (QED) is 0.751. The van der Waals surface area contributed by atoms with Crippen molar-refractivity contribution in [2.24, 2.45) is 5.92 Å². The van der Waals surface area contributed by atoms with E-state index in [1.807, 2.05) is 0 Å². The number of nitrogens with one attached hydrogen (secondary N) is 1. The molecule has 1 aliphatic heterocycles. The second-order valence-electron chi connectivity index (χ2n) is 6.27. The van der Waals surface area contributed by atoms with E-state index in [1.54, 1.807) is 55.6 Å². The number of hydrogen-bond acceptors (Lipinski definition) is 5. The molecular weight excluding hydrogens is 384 g/mol. The van der Waals surface area contributed by atoms with Gasteiger partial charge < -0.3 is 19.7 Å². The van der Waals surface area contributed by atoms with Crippen molar-refractivity contribution >= 4 is 40.8 Å². The van der Waals surface area contributed by atoms with Gasteiger partial charge in [0.15, 0.2) is 6.61 Å². The third-order valence-electron chi connectivity index (χ3n) is 4.28. The highest BCUT2D eigenvalue weighted by molar-refractivity contribution is 6.30. The van der Waals surface area contributed by atoms with Crippen molar-refractivity contribution in [1.82, 2.24) is 0 Å². The molecule has 0 spiro atoms. The molecule has 1 saturated heterocycles. The van der Waals surface area contributed by atoms with Crippen LogP contribution in [0.1, 0.15) is 6.42 Å². The number of carbonyl (C=O) groups is 3. The molecule has 146 valence electrons. The number of carbonyl (C=O) groups excluding carboxylic acids is 3. The van der Waals surface area contributed by atoms with Gasteiger partial charge in [-0.1, -0.05) is 23.7 Å². The molecule has 8 heteroatoms. The highest BCUT2D eigenvalue weighted by Gasteiger charge is 2.36. The summed E-state index contributed by atoms with van der Waals surface area (Å²) in [5, 5.41) is 3.08. The molecule has 0 saturated carbocycles. The fourth-order valence-electron chi connectivity index (χ4n) is 2.91. The minimum atomic E-state index is -0.627. The van der Waals surface area contributed by atoms with Gasteiger partial charge in [0.2, 0.25) is 5.91 Å². The monoisotopic (exact) mass is 402 g/mol. The van der Waals surface area contributed by atoms with Crippen LogP contribution in [0.25, 0.3) is 0 Å². The van der Waals surface area contributed by atoms with Crippen LogP contribution in [0.15, 0.2) is 48.5 Å². The molecule has 0 aromatic heterocycles. The second-order valence-corrected chi connectivity index (χ2v) is 6.71. The van der Waals surface area contributed by atoms with E-state index in [9.17, 15) is 14.4 Å². The summed E-state index contributed by atoms with van der Waals surface area (Å²) in [4.78, 5) is 38.0. The van der Waals surface area contributed by atoms with Crippen LogP contribution in [-0.2, 0) is 19.1 Å². The van der Waals surface area contributed by atoms with Gasteiger partial charge in [-0.15, -0.1) is 0 Å². The van der Waals surface area contributed by atoms with Crippen LogP contribution in [0.3, 0.4) is 0 Å². The largest absolute Gasteiger partial charge is 0.497 e. The van der Waals surface area contributed by atoms with Gasteiger partial charge in [0.25, 0.3) is 5.91 Å². The number of methoxy groups -OCH3 is 1.